The average molecular weight is 457 g/mol. The Morgan fingerprint density at radius 1 is 0.969 bits per heavy atom. The van der Waals surface area contributed by atoms with Crippen molar-refractivity contribution in [2.75, 3.05) is 0 Å². The molecule has 0 aliphatic carbocycles. The summed E-state index contributed by atoms with van der Waals surface area (Å²) in [6.07, 6.45) is 0. The predicted molar refractivity (Wildman–Crippen MR) is 120 cm³/mol. The lowest BCUT2D eigenvalue weighted by Gasteiger charge is -2.27. The van der Waals surface area contributed by atoms with Gasteiger partial charge in [0.1, 0.15) is 16.5 Å². The lowest BCUT2D eigenvalue weighted by Crippen LogP contribution is -2.43. The summed E-state index contributed by atoms with van der Waals surface area (Å²) in [5.41, 5.74) is 1.70. The first-order valence-corrected chi connectivity index (χ1v) is 11.5. The Labute approximate surface area is 187 Å². The maximum absolute atomic E-state index is 13.1. The molecule has 0 bridgehead atoms. The highest BCUT2D eigenvalue weighted by Gasteiger charge is 2.19. The van der Waals surface area contributed by atoms with E-state index in [9.17, 15) is 17.6 Å². The molecule has 6 nitrogen and oxygen atoms in total. The molecule has 0 aliphatic rings. The molecule has 0 unspecified atom stereocenters. The van der Waals surface area contributed by atoms with Crippen LogP contribution in [-0.4, -0.2) is 25.4 Å². The van der Waals surface area contributed by atoms with Crippen LogP contribution >= 0.6 is 0 Å². The molecule has 32 heavy (non-hydrogen) atoms. The SMILES string of the molecule is CC(C)N(Cc1cccc(OS(=O)(=O)c2ccc(F)cc2)c1)C(=O)NCc1ccccc1. The number of urea groups is 1. The fourth-order valence-corrected chi connectivity index (χ4v) is 3.96. The molecule has 8 heteroatoms. The van der Waals surface area contributed by atoms with Crippen molar-refractivity contribution in [1.82, 2.24) is 10.2 Å². The minimum Gasteiger partial charge on any atom is -0.379 e. The van der Waals surface area contributed by atoms with Gasteiger partial charge in [-0.15, -0.1) is 0 Å². The number of benzene rings is 3. The van der Waals surface area contributed by atoms with Gasteiger partial charge in [-0.2, -0.15) is 8.42 Å². The highest BCUT2D eigenvalue weighted by Crippen LogP contribution is 2.21. The van der Waals surface area contributed by atoms with E-state index in [1.807, 2.05) is 44.2 Å². The number of halogens is 1. The van der Waals surface area contributed by atoms with Gasteiger partial charge in [0.2, 0.25) is 0 Å². The molecule has 0 aliphatic heterocycles. The smallest absolute Gasteiger partial charge is 0.339 e. The van der Waals surface area contributed by atoms with Crippen LogP contribution in [0.25, 0.3) is 0 Å². The van der Waals surface area contributed by atoms with Gasteiger partial charge in [0.05, 0.1) is 0 Å². The fourth-order valence-electron chi connectivity index (χ4n) is 3.03. The van der Waals surface area contributed by atoms with Crippen LogP contribution in [0.5, 0.6) is 5.75 Å². The third kappa shape index (κ3) is 6.31. The Hall–Kier alpha value is -3.39. The molecule has 2 amide bonds. The van der Waals surface area contributed by atoms with Crippen LogP contribution in [-0.2, 0) is 23.2 Å². The fraction of sp³-hybridized carbons (Fsp3) is 0.208. The van der Waals surface area contributed by atoms with E-state index < -0.39 is 15.9 Å². The molecule has 0 radical (unpaired) electrons. The van der Waals surface area contributed by atoms with Crippen molar-refractivity contribution < 1.29 is 21.8 Å². The van der Waals surface area contributed by atoms with Gasteiger partial charge in [0, 0.05) is 19.1 Å². The van der Waals surface area contributed by atoms with E-state index in [2.05, 4.69) is 5.32 Å². The first-order chi connectivity index (χ1) is 15.2. The molecule has 3 aromatic rings. The van der Waals surface area contributed by atoms with Crippen LogP contribution in [0, 0.1) is 5.82 Å². The number of hydrogen-bond donors (Lipinski definition) is 1. The summed E-state index contributed by atoms with van der Waals surface area (Å²) >= 11 is 0. The van der Waals surface area contributed by atoms with Gasteiger partial charge in [0.25, 0.3) is 0 Å². The molecule has 0 atom stereocenters. The number of carbonyl (C=O) groups excluding carboxylic acids is 1. The zero-order chi connectivity index (χ0) is 23.1. The standard InChI is InChI=1S/C24H25FN2O4S/c1-18(2)27(24(28)26-16-19-7-4-3-5-8-19)17-20-9-6-10-22(15-20)31-32(29,30)23-13-11-21(25)12-14-23/h3-15,18H,16-17H2,1-2H3,(H,26,28). The average Bonchev–Trinajstić information content (AvgIpc) is 2.76. The second-order valence-electron chi connectivity index (χ2n) is 7.50. The van der Waals surface area contributed by atoms with E-state index in [0.29, 0.717) is 12.1 Å². The maximum Gasteiger partial charge on any atom is 0.339 e. The van der Waals surface area contributed by atoms with E-state index in [4.69, 9.17) is 4.18 Å². The predicted octanol–water partition coefficient (Wildman–Crippen LogP) is 4.71. The van der Waals surface area contributed by atoms with Crippen LogP contribution in [0.4, 0.5) is 9.18 Å². The molecule has 1 N–H and O–H groups in total. The summed E-state index contributed by atoms with van der Waals surface area (Å²) in [4.78, 5) is 14.2. The van der Waals surface area contributed by atoms with Gasteiger partial charge in [-0.05, 0) is 61.4 Å². The van der Waals surface area contributed by atoms with Crippen LogP contribution in [0.15, 0.2) is 83.8 Å². The maximum atomic E-state index is 13.1. The third-order valence-electron chi connectivity index (χ3n) is 4.73. The van der Waals surface area contributed by atoms with Gasteiger partial charge in [-0.3, -0.25) is 0 Å². The Morgan fingerprint density at radius 3 is 2.28 bits per heavy atom. The second-order valence-corrected chi connectivity index (χ2v) is 9.05. The summed E-state index contributed by atoms with van der Waals surface area (Å²) in [5.74, 6) is -0.425. The molecule has 0 saturated heterocycles. The Morgan fingerprint density at radius 2 is 1.62 bits per heavy atom. The van der Waals surface area contributed by atoms with Gasteiger partial charge in [-0.1, -0.05) is 42.5 Å². The summed E-state index contributed by atoms with van der Waals surface area (Å²) < 4.78 is 43.2. The van der Waals surface area contributed by atoms with Crippen molar-refractivity contribution in [2.24, 2.45) is 0 Å². The van der Waals surface area contributed by atoms with Crippen molar-refractivity contribution in [1.29, 1.82) is 0 Å². The highest BCUT2D eigenvalue weighted by atomic mass is 32.2. The van der Waals surface area contributed by atoms with Crippen LogP contribution in [0.1, 0.15) is 25.0 Å². The number of amides is 2. The molecule has 0 spiro atoms. The largest absolute Gasteiger partial charge is 0.379 e. The zero-order valence-corrected chi connectivity index (χ0v) is 18.7. The monoisotopic (exact) mass is 456 g/mol. The Kier molecular flexibility index (Phi) is 7.48. The second kappa shape index (κ2) is 10.3. The van der Waals surface area contributed by atoms with Crippen LogP contribution in [0.2, 0.25) is 0 Å². The van der Waals surface area contributed by atoms with E-state index in [1.54, 1.807) is 23.1 Å². The number of carbonyl (C=O) groups is 1. The topological polar surface area (TPSA) is 75.7 Å². The molecular weight excluding hydrogens is 431 g/mol. The minimum atomic E-state index is -4.11. The normalized spacial score (nSPS) is 11.2. The Balaban J connectivity index is 1.69. The number of nitrogens with one attached hydrogen (secondary N) is 1. The van der Waals surface area contributed by atoms with E-state index in [0.717, 1.165) is 29.8 Å². The molecule has 0 aromatic heterocycles. The van der Waals surface area contributed by atoms with Crippen molar-refractivity contribution in [2.45, 2.75) is 37.9 Å². The number of nitrogens with zero attached hydrogens (tertiary/aromatic N) is 1. The molecule has 3 aromatic carbocycles. The highest BCUT2D eigenvalue weighted by molar-refractivity contribution is 7.87. The van der Waals surface area contributed by atoms with Gasteiger partial charge in [-0.25, -0.2) is 9.18 Å². The first-order valence-electron chi connectivity index (χ1n) is 10.1. The van der Waals surface area contributed by atoms with Crippen molar-refractivity contribution >= 4 is 16.1 Å². The molecular formula is C24H25FN2O4S. The van der Waals surface area contributed by atoms with Gasteiger partial charge in [0.15, 0.2) is 0 Å². The van der Waals surface area contributed by atoms with Gasteiger partial charge < -0.3 is 14.4 Å². The third-order valence-corrected chi connectivity index (χ3v) is 5.99. The number of rotatable bonds is 8. The van der Waals surface area contributed by atoms with E-state index in [-0.39, 0.29) is 29.3 Å². The Bertz CT molecular complexity index is 1150. The minimum absolute atomic E-state index is 0.0849. The van der Waals surface area contributed by atoms with E-state index in [1.165, 1.54) is 6.07 Å². The van der Waals surface area contributed by atoms with Crippen molar-refractivity contribution in [3.05, 3.63) is 95.8 Å². The molecule has 3 rings (SSSR count). The molecule has 0 fully saturated rings. The lowest BCUT2D eigenvalue weighted by atomic mass is 10.2. The first kappa shape index (κ1) is 23.3. The van der Waals surface area contributed by atoms with Crippen molar-refractivity contribution in [3.8, 4) is 5.75 Å². The number of hydrogen-bond acceptors (Lipinski definition) is 4. The lowest BCUT2D eigenvalue weighted by molar-refractivity contribution is 0.179. The molecule has 0 heterocycles. The summed E-state index contributed by atoms with van der Waals surface area (Å²) in [6, 6.07) is 20.2. The quantitative estimate of drug-likeness (QED) is 0.498. The van der Waals surface area contributed by atoms with Crippen LogP contribution in [0.3, 0.4) is 0 Å². The molecule has 0 saturated carbocycles. The zero-order valence-electron chi connectivity index (χ0n) is 17.9. The molecule has 168 valence electrons. The summed E-state index contributed by atoms with van der Waals surface area (Å²) in [7, 11) is -4.11. The van der Waals surface area contributed by atoms with Crippen LogP contribution < -0.4 is 9.50 Å². The van der Waals surface area contributed by atoms with Crippen molar-refractivity contribution in [3.63, 3.8) is 0 Å². The van der Waals surface area contributed by atoms with Gasteiger partial charge >= 0.3 is 16.1 Å². The summed E-state index contributed by atoms with van der Waals surface area (Å²) in [6.45, 7) is 4.48. The van der Waals surface area contributed by atoms with E-state index >= 15 is 0 Å². The summed E-state index contributed by atoms with van der Waals surface area (Å²) in [5, 5.41) is 2.91.